The number of rotatable bonds is 2. The van der Waals surface area contributed by atoms with E-state index in [4.69, 9.17) is 9.47 Å². The molecule has 2 fully saturated rings. The van der Waals surface area contributed by atoms with Gasteiger partial charge in [0.1, 0.15) is 5.60 Å². The summed E-state index contributed by atoms with van der Waals surface area (Å²) in [6.45, 7) is 12.5. The normalized spacial score (nSPS) is 29.2. The zero-order valence-corrected chi connectivity index (χ0v) is 14.1. The van der Waals surface area contributed by atoms with E-state index in [-0.39, 0.29) is 23.8 Å². The Morgan fingerprint density at radius 2 is 2.00 bits per heavy atom. The number of nitrogens with zero attached hydrogens (tertiary/aromatic N) is 1. The van der Waals surface area contributed by atoms with E-state index in [0.717, 1.165) is 32.4 Å². The first-order valence-corrected chi connectivity index (χ1v) is 8.04. The zero-order chi connectivity index (χ0) is 15.7. The van der Waals surface area contributed by atoms with E-state index in [2.05, 4.69) is 19.2 Å². The molecule has 0 spiro atoms. The summed E-state index contributed by atoms with van der Waals surface area (Å²) in [5, 5.41) is 3.35. The van der Waals surface area contributed by atoms with Gasteiger partial charge in [-0.2, -0.15) is 0 Å². The molecule has 21 heavy (non-hydrogen) atoms. The van der Waals surface area contributed by atoms with Gasteiger partial charge in [0.15, 0.2) is 0 Å². The van der Waals surface area contributed by atoms with Gasteiger partial charge >= 0.3 is 6.09 Å². The monoisotopic (exact) mass is 298 g/mol. The van der Waals surface area contributed by atoms with Gasteiger partial charge in [-0.1, -0.05) is 0 Å². The van der Waals surface area contributed by atoms with Gasteiger partial charge in [0.05, 0.1) is 5.60 Å². The number of carbonyl (C=O) groups excluding carboxylic acids is 1. The first-order chi connectivity index (χ1) is 9.68. The van der Waals surface area contributed by atoms with Crippen LogP contribution in [0.25, 0.3) is 0 Å². The highest BCUT2D eigenvalue weighted by atomic mass is 16.6. The second-order valence-electron chi connectivity index (χ2n) is 7.79. The van der Waals surface area contributed by atoms with Crippen molar-refractivity contribution in [2.24, 2.45) is 0 Å². The molecular formula is C16H30N2O3. The third-order valence-corrected chi connectivity index (χ3v) is 4.10. The number of carbonyl (C=O) groups is 1. The molecular weight excluding hydrogens is 268 g/mol. The van der Waals surface area contributed by atoms with Gasteiger partial charge in [-0.3, -0.25) is 0 Å². The van der Waals surface area contributed by atoms with Crippen molar-refractivity contribution in [3.63, 3.8) is 0 Å². The van der Waals surface area contributed by atoms with E-state index in [9.17, 15) is 4.79 Å². The maximum Gasteiger partial charge on any atom is 0.410 e. The fourth-order valence-electron chi connectivity index (χ4n) is 3.22. The molecule has 122 valence electrons. The quantitative estimate of drug-likeness (QED) is 0.851. The molecule has 2 atom stereocenters. The fraction of sp³-hybridized carbons (Fsp3) is 0.938. The van der Waals surface area contributed by atoms with Crippen molar-refractivity contribution in [1.82, 2.24) is 10.2 Å². The Balaban J connectivity index is 2.13. The van der Waals surface area contributed by atoms with Gasteiger partial charge in [0.25, 0.3) is 0 Å². The maximum atomic E-state index is 12.7. The Labute approximate surface area is 128 Å². The van der Waals surface area contributed by atoms with E-state index in [1.165, 1.54) is 0 Å². The third kappa shape index (κ3) is 4.58. The second-order valence-corrected chi connectivity index (χ2v) is 7.79. The van der Waals surface area contributed by atoms with E-state index in [1.807, 2.05) is 25.7 Å². The largest absolute Gasteiger partial charge is 0.444 e. The number of hydrogen-bond donors (Lipinski definition) is 1. The lowest BCUT2D eigenvalue weighted by Crippen LogP contribution is -2.54. The molecule has 1 unspecified atom stereocenters. The molecule has 0 aromatic rings. The van der Waals surface area contributed by atoms with E-state index >= 15 is 0 Å². The summed E-state index contributed by atoms with van der Waals surface area (Å²) in [7, 11) is 0. The Kier molecular flexibility index (Phi) is 4.83. The highest BCUT2D eigenvalue weighted by Gasteiger charge is 2.40. The van der Waals surface area contributed by atoms with Crippen LogP contribution in [-0.4, -0.2) is 54.0 Å². The summed E-state index contributed by atoms with van der Waals surface area (Å²) in [5.41, 5.74) is -0.628. The topological polar surface area (TPSA) is 50.8 Å². The van der Waals surface area contributed by atoms with Gasteiger partial charge in [0, 0.05) is 25.2 Å². The summed E-state index contributed by atoms with van der Waals surface area (Å²) in [6.07, 6.45) is 2.57. The zero-order valence-electron chi connectivity index (χ0n) is 14.1. The van der Waals surface area contributed by atoms with Gasteiger partial charge in [-0.15, -0.1) is 0 Å². The SMILES string of the molecule is CC(C)(C)OC(=O)N(C1CCOC(C)(C)C1)[C@H]1CCNC1. The number of amides is 1. The summed E-state index contributed by atoms with van der Waals surface area (Å²) in [6, 6.07) is 0.437. The Morgan fingerprint density at radius 3 is 2.52 bits per heavy atom. The van der Waals surface area contributed by atoms with Crippen LogP contribution in [0.3, 0.4) is 0 Å². The van der Waals surface area contributed by atoms with Crippen LogP contribution in [0.2, 0.25) is 0 Å². The van der Waals surface area contributed by atoms with E-state index in [1.54, 1.807) is 0 Å². The van der Waals surface area contributed by atoms with Crippen LogP contribution < -0.4 is 5.32 Å². The van der Waals surface area contributed by atoms with E-state index < -0.39 is 5.60 Å². The lowest BCUT2D eigenvalue weighted by atomic mass is 9.92. The van der Waals surface area contributed by atoms with Crippen molar-refractivity contribution in [1.29, 1.82) is 0 Å². The van der Waals surface area contributed by atoms with Crippen molar-refractivity contribution in [2.75, 3.05) is 19.7 Å². The molecule has 0 bridgehead atoms. The van der Waals surface area contributed by atoms with Crippen molar-refractivity contribution in [3.8, 4) is 0 Å². The summed E-state index contributed by atoms with van der Waals surface area (Å²) >= 11 is 0. The van der Waals surface area contributed by atoms with Gasteiger partial charge in [0.2, 0.25) is 0 Å². The minimum absolute atomic E-state index is 0.171. The molecule has 0 aromatic carbocycles. The Bertz CT molecular complexity index is 370. The van der Waals surface area contributed by atoms with Gasteiger partial charge in [-0.25, -0.2) is 4.79 Å². The number of nitrogens with one attached hydrogen (secondary N) is 1. The number of hydrogen-bond acceptors (Lipinski definition) is 4. The van der Waals surface area contributed by atoms with Crippen molar-refractivity contribution in [3.05, 3.63) is 0 Å². The van der Waals surface area contributed by atoms with Crippen molar-refractivity contribution < 1.29 is 14.3 Å². The highest BCUT2D eigenvalue weighted by Crippen LogP contribution is 2.30. The first-order valence-electron chi connectivity index (χ1n) is 8.04. The lowest BCUT2D eigenvalue weighted by molar-refractivity contribution is -0.0887. The molecule has 2 aliphatic rings. The molecule has 2 saturated heterocycles. The second kappa shape index (κ2) is 6.13. The molecule has 1 amide bonds. The molecule has 2 aliphatic heterocycles. The molecule has 1 N–H and O–H groups in total. The molecule has 5 nitrogen and oxygen atoms in total. The van der Waals surface area contributed by atoms with Crippen LogP contribution in [0.1, 0.15) is 53.9 Å². The highest BCUT2D eigenvalue weighted by molar-refractivity contribution is 5.69. The minimum atomic E-state index is -0.456. The average Bonchev–Trinajstić information content (AvgIpc) is 2.78. The van der Waals surface area contributed by atoms with Crippen molar-refractivity contribution >= 4 is 6.09 Å². The summed E-state index contributed by atoms with van der Waals surface area (Å²) in [5.74, 6) is 0. The molecule has 0 aromatic heterocycles. The molecule has 5 heteroatoms. The fourth-order valence-corrected chi connectivity index (χ4v) is 3.22. The lowest BCUT2D eigenvalue weighted by Gasteiger charge is -2.43. The predicted molar refractivity (Wildman–Crippen MR) is 82.4 cm³/mol. The smallest absolute Gasteiger partial charge is 0.410 e. The van der Waals surface area contributed by atoms with Crippen LogP contribution in [0.5, 0.6) is 0 Å². The van der Waals surface area contributed by atoms with Crippen LogP contribution in [0.15, 0.2) is 0 Å². The molecule has 0 radical (unpaired) electrons. The summed E-state index contributed by atoms with van der Waals surface area (Å²) in [4.78, 5) is 14.7. The van der Waals surface area contributed by atoms with Crippen LogP contribution >= 0.6 is 0 Å². The third-order valence-electron chi connectivity index (χ3n) is 4.10. The van der Waals surface area contributed by atoms with Crippen LogP contribution in [0, 0.1) is 0 Å². The maximum absolute atomic E-state index is 12.7. The Hall–Kier alpha value is -0.810. The van der Waals surface area contributed by atoms with E-state index in [0.29, 0.717) is 6.61 Å². The van der Waals surface area contributed by atoms with Crippen LogP contribution in [-0.2, 0) is 9.47 Å². The van der Waals surface area contributed by atoms with Gasteiger partial charge in [-0.05, 0) is 60.4 Å². The van der Waals surface area contributed by atoms with Crippen molar-refractivity contribution in [2.45, 2.75) is 77.2 Å². The minimum Gasteiger partial charge on any atom is -0.444 e. The molecule has 2 heterocycles. The summed E-state index contributed by atoms with van der Waals surface area (Å²) < 4.78 is 11.4. The molecule has 0 aliphatic carbocycles. The number of ether oxygens (including phenoxy) is 2. The predicted octanol–water partition coefficient (Wildman–Crippen LogP) is 2.54. The van der Waals surface area contributed by atoms with Crippen LogP contribution in [0.4, 0.5) is 4.79 Å². The standard InChI is InChI=1S/C16H30N2O3/c1-15(2,3)21-14(19)18(13-6-8-17-11-13)12-7-9-20-16(4,5)10-12/h12-13,17H,6-11H2,1-5H3/t12?,13-/m0/s1. The molecule has 0 saturated carbocycles. The van der Waals surface area contributed by atoms with Gasteiger partial charge < -0.3 is 19.7 Å². The Morgan fingerprint density at radius 1 is 1.29 bits per heavy atom. The first kappa shape index (κ1) is 16.6. The molecule has 2 rings (SSSR count). The average molecular weight is 298 g/mol.